The lowest BCUT2D eigenvalue weighted by Crippen LogP contribution is -2.15. The van der Waals surface area contributed by atoms with E-state index in [4.69, 9.17) is 5.73 Å². The number of nitrogens with two attached hydrogens (primary N) is 1. The molecule has 0 bridgehead atoms. The van der Waals surface area contributed by atoms with Crippen LogP contribution in [-0.2, 0) is 0 Å². The molecular formula is C16H18FN. The zero-order valence-corrected chi connectivity index (χ0v) is 11.0. The Balaban J connectivity index is 2.48. The molecule has 0 saturated carbocycles. The summed E-state index contributed by atoms with van der Waals surface area (Å²) in [4.78, 5) is 0. The van der Waals surface area contributed by atoms with Crippen molar-refractivity contribution in [1.82, 2.24) is 0 Å². The molecule has 2 N–H and O–H groups in total. The largest absolute Gasteiger partial charge is 0.320 e. The van der Waals surface area contributed by atoms with Crippen molar-refractivity contribution in [1.29, 1.82) is 0 Å². The van der Waals surface area contributed by atoms with Gasteiger partial charge in [0.2, 0.25) is 0 Å². The number of hydrogen-bond acceptors (Lipinski definition) is 1. The van der Waals surface area contributed by atoms with Crippen LogP contribution in [0.25, 0.3) is 0 Å². The number of benzene rings is 2. The summed E-state index contributed by atoms with van der Waals surface area (Å²) in [6.45, 7) is 5.87. The van der Waals surface area contributed by atoms with Crippen LogP contribution in [0.5, 0.6) is 0 Å². The molecule has 18 heavy (non-hydrogen) atoms. The number of hydrogen-bond donors (Lipinski definition) is 1. The van der Waals surface area contributed by atoms with E-state index >= 15 is 0 Å². The van der Waals surface area contributed by atoms with Gasteiger partial charge in [0.1, 0.15) is 5.82 Å². The maximum absolute atomic E-state index is 13.3. The molecule has 0 aliphatic heterocycles. The Morgan fingerprint density at radius 1 is 0.944 bits per heavy atom. The van der Waals surface area contributed by atoms with E-state index in [1.807, 2.05) is 12.1 Å². The topological polar surface area (TPSA) is 26.0 Å². The van der Waals surface area contributed by atoms with Crippen LogP contribution in [0.15, 0.2) is 36.4 Å². The monoisotopic (exact) mass is 243 g/mol. The zero-order chi connectivity index (χ0) is 13.3. The third-order valence-electron chi connectivity index (χ3n) is 3.39. The van der Waals surface area contributed by atoms with E-state index in [9.17, 15) is 4.39 Å². The smallest absolute Gasteiger partial charge is 0.126 e. The molecular weight excluding hydrogens is 225 g/mol. The average Bonchev–Trinajstić information content (AvgIpc) is 2.32. The van der Waals surface area contributed by atoms with E-state index in [0.717, 1.165) is 11.1 Å². The lowest BCUT2D eigenvalue weighted by atomic mass is 9.91. The van der Waals surface area contributed by atoms with E-state index in [-0.39, 0.29) is 11.9 Å². The van der Waals surface area contributed by atoms with Crippen LogP contribution >= 0.6 is 0 Å². The van der Waals surface area contributed by atoms with Crippen molar-refractivity contribution in [3.05, 3.63) is 70.0 Å². The Morgan fingerprint density at radius 2 is 1.56 bits per heavy atom. The van der Waals surface area contributed by atoms with Gasteiger partial charge >= 0.3 is 0 Å². The highest BCUT2D eigenvalue weighted by Crippen LogP contribution is 2.26. The molecule has 1 nitrogen and oxygen atoms in total. The van der Waals surface area contributed by atoms with E-state index in [0.29, 0.717) is 5.56 Å². The highest BCUT2D eigenvalue weighted by molar-refractivity contribution is 5.42. The van der Waals surface area contributed by atoms with Crippen LogP contribution in [0.3, 0.4) is 0 Å². The van der Waals surface area contributed by atoms with Gasteiger partial charge in [-0.3, -0.25) is 0 Å². The van der Waals surface area contributed by atoms with Crippen molar-refractivity contribution in [2.45, 2.75) is 26.8 Å². The molecule has 0 aromatic heterocycles. The molecule has 2 heteroatoms. The summed E-state index contributed by atoms with van der Waals surface area (Å²) >= 11 is 0. The van der Waals surface area contributed by atoms with Gasteiger partial charge in [-0.05, 0) is 54.7 Å². The second-order valence-corrected chi connectivity index (χ2v) is 4.79. The van der Waals surface area contributed by atoms with Gasteiger partial charge in [0.25, 0.3) is 0 Å². The van der Waals surface area contributed by atoms with Gasteiger partial charge in [-0.1, -0.05) is 30.3 Å². The molecule has 0 aliphatic rings. The van der Waals surface area contributed by atoms with Crippen molar-refractivity contribution in [3.8, 4) is 0 Å². The number of aryl methyl sites for hydroxylation is 3. The molecule has 0 radical (unpaired) electrons. The van der Waals surface area contributed by atoms with Crippen molar-refractivity contribution >= 4 is 0 Å². The third-order valence-corrected chi connectivity index (χ3v) is 3.39. The molecule has 1 atom stereocenters. The van der Waals surface area contributed by atoms with E-state index in [1.54, 1.807) is 13.0 Å². The van der Waals surface area contributed by atoms with Crippen LogP contribution in [0, 0.1) is 26.6 Å². The predicted molar refractivity (Wildman–Crippen MR) is 73.1 cm³/mol. The molecule has 0 aliphatic carbocycles. The van der Waals surface area contributed by atoms with Gasteiger partial charge in [-0.2, -0.15) is 0 Å². The second-order valence-electron chi connectivity index (χ2n) is 4.79. The molecule has 2 aromatic rings. The molecule has 1 unspecified atom stereocenters. The lowest BCUT2D eigenvalue weighted by Gasteiger charge is -2.18. The summed E-state index contributed by atoms with van der Waals surface area (Å²) in [5.74, 6) is -0.188. The minimum absolute atomic E-state index is 0.188. The molecule has 0 fully saturated rings. The van der Waals surface area contributed by atoms with Gasteiger partial charge < -0.3 is 5.73 Å². The third kappa shape index (κ3) is 2.29. The maximum atomic E-state index is 13.3. The van der Waals surface area contributed by atoms with Crippen molar-refractivity contribution in [2.75, 3.05) is 0 Å². The standard InChI is InChI=1S/C16H18FN/c1-10-5-4-6-11(2)15(10)16(18)13-7-8-14(17)12(3)9-13/h4-9,16H,18H2,1-3H3. The fraction of sp³-hybridized carbons (Fsp3) is 0.250. The first-order valence-corrected chi connectivity index (χ1v) is 6.08. The summed E-state index contributed by atoms with van der Waals surface area (Å²) in [5.41, 5.74) is 11.4. The maximum Gasteiger partial charge on any atom is 0.126 e. The zero-order valence-electron chi connectivity index (χ0n) is 11.0. The van der Waals surface area contributed by atoms with Crippen LogP contribution in [0.1, 0.15) is 33.9 Å². The quantitative estimate of drug-likeness (QED) is 0.853. The number of rotatable bonds is 2. The lowest BCUT2D eigenvalue weighted by molar-refractivity contribution is 0.617. The average molecular weight is 243 g/mol. The Kier molecular flexibility index (Phi) is 3.48. The Morgan fingerprint density at radius 3 is 2.11 bits per heavy atom. The van der Waals surface area contributed by atoms with Gasteiger partial charge in [0.15, 0.2) is 0 Å². The highest BCUT2D eigenvalue weighted by atomic mass is 19.1. The van der Waals surface area contributed by atoms with Crippen molar-refractivity contribution in [3.63, 3.8) is 0 Å². The predicted octanol–water partition coefficient (Wildman–Crippen LogP) is 3.80. The van der Waals surface area contributed by atoms with Crippen molar-refractivity contribution in [2.24, 2.45) is 5.73 Å². The molecule has 94 valence electrons. The van der Waals surface area contributed by atoms with Crippen LogP contribution in [0.4, 0.5) is 4.39 Å². The fourth-order valence-corrected chi connectivity index (χ4v) is 2.35. The second kappa shape index (κ2) is 4.91. The summed E-state index contributed by atoms with van der Waals surface area (Å²) in [6.07, 6.45) is 0. The van der Waals surface area contributed by atoms with Gasteiger partial charge in [-0.15, -0.1) is 0 Å². The van der Waals surface area contributed by atoms with E-state index < -0.39 is 0 Å². The Hall–Kier alpha value is -1.67. The van der Waals surface area contributed by atoms with E-state index in [2.05, 4.69) is 26.0 Å². The molecule has 0 heterocycles. The van der Waals surface area contributed by atoms with E-state index in [1.165, 1.54) is 17.2 Å². The SMILES string of the molecule is Cc1cc(C(N)c2c(C)cccc2C)ccc1F. The molecule has 2 aromatic carbocycles. The van der Waals surface area contributed by atoms with Crippen LogP contribution < -0.4 is 5.73 Å². The molecule has 0 spiro atoms. The fourth-order valence-electron chi connectivity index (χ4n) is 2.35. The summed E-state index contributed by atoms with van der Waals surface area (Å²) in [5, 5.41) is 0. The first-order valence-electron chi connectivity index (χ1n) is 6.08. The minimum atomic E-state index is -0.203. The van der Waals surface area contributed by atoms with Gasteiger partial charge in [-0.25, -0.2) is 4.39 Å². The Labute approximate surface area is 107 Å². The summed E-state index contributed by atoms with van der Waals surface area (Å²) in [6, 6.07) is 11.0. The Bertz CT molecular complexity index is 555. The highest BCUT2D eigenvalue weighted by Gasteiger charge is 2.14. The molecule has 2 rings (SSSR count). The molecule has 0 amide bonds. The van der Waals surface area contributed by atoms with Gasteiger partial charge in [0.05, 0.1) is 6.04 Å². The summed E-state index contributed by atoms with van der Waals surface area (Å²) in [7, 11) is 0. The molecule has 0 saturated heterocycles. The van der Waals surface area contributed by atoms with Gasteiger partial charge in [0, 0.05) is 0 Å². The minimum Gasteiger partial charge on any atom is -0.320 e. The van der Waals surface area contributed by atoms with Crippen LogP contribution in [-0.4, -0.2) is 0 Å². The van der Waals surface area contributed by atoms with Crippen molar-refractivity contribution < 1.29 is 4.39 Å². The summed E-state index contributed by atoms with van der Waals surface area (Å²) < 4.78 is 13.3. The normalized spacial score (nSPS) is 12.5. The number of halogens is 1. The first-order chi connectivity index (χ1) is 8.50. The first kappa shape index (κ1) is 12.8. The van der Waals surface area contributed by atoms with Crippen LogP contribution in [0.2, 0.25) is 0 Å².